The van der Waals surface area contributed by atoms with E-state index in [0.29, 0.717) is 0 Å². The molecule has 4 heteroatoms. The maximum Gasteiger partial charge on any atom is 0.0530 e. The van der Waals surface area contributed by atoms with Crippen molar-refractivity contribution in [3.63, 3.8) is 0 Å². The van der Waals surface area contributed by atoms with E-state index in [2.05, 4.69) is 10.4 Å². The van der Waals surface area contributed by atoms with E-state index in [0.717, 1.165) is 16.3 Å². The minimum absolute atomic E-state index is 0.725. The van der Waals surface area contributed by atoms with E-state index in [1.807, 2.05) is 19.1 Å². The van der Waals surface area contributed by atoms with E-state index < -0.39 is 0 Å². The Labute approximate surface area is 75.6 Å². The van der Waals surface area contributed by atoms with Gasteiger partial charge in [0.1, 0.15) is 0 Å². The van der Waals surface area contributed by atoms with Crippen LogP contribution < -0.4 is 10.4 Å². The average Bonchev–Trinajstić information content (AvgIpc) is 1.95. The lowest BCUT2D eigenvalue weighted by Crippen LogP contribution is -2.09. The lowest BCUT2D eigenvalue weighted by molar-refractivity contribution is 1.18. The third kappa shape index (κ3) is 2.26. The van der Waals surface area contributed by atoms with Crippen LogP contribution in [0.3, 0.4) is 0 Å². The number of hydrogen-bond acceptors (Lipinski definition) is 2. The van der Waals surface area contributed by atoms with E-state index in [1.54, 1.807) is 6.07 Å². The Balaban J connectivity index is 2.90. The van der Waals surface area contributed by atoms with Crippen molar-refractivity contribution in [1.82, 2.24) is 4.94 Å². The summed E-state index contributed by atoms with van der Waals surface area (Å²) in [7, 11) is 0. The molecule has 0 saturated carbocycles. The molecule has 0 spiro atoms. The predicted octanol–water partition coefficient (Wildman–Crippen LogP) is 2.72. The molecule has 0 amide bonds. The van der Waals surface area contributed by atoms with Crippen molar-refractivity contribution in [2.45, 2.75) is 6.92 Å². The number of hydrogen-bond donors (Lipinski definition) is 2. The third-order valence-electron chi connectivity index (χ3n) is 1.37. The van der Waals surface area contributed by atoms with Gasteiger partial charge in [-0.2, -0.15) is 0 Å². The highest BCUT2D eigenvalue weighted by Gasteiger charge is 1.95. The van der Waals surface area contributed by atoms with E-state index in [9.17, 15) is 0 Å². The molecule has 11 heavy (non-hydrogen) atoms. The summed E-state index contributed by atoms with van der Waals surface area (Å²) in [6, 6.07) is 5.51. The van der Waals surface area contributed by atoms with Gasteiger partial charge in [0.2, 0.25) is 0 Å². The molecule has 2 N–H and O–H groups in total. The van der Waals surface area contributed by atoms with Crippen LogP contribution in [-0.2, 0) is 0 Å². The number of rotatable bonds is 2. The second-order valence-corrected chi connectivity index (χ2v) is 2.80. The van der Waals surface area contributed by atoms with Gasteiger partial charge in [0.05, 0.1) is 5.69 Å². The fourth-order valence-electron chi connectivity index (χ4n) is 0.818. The van der Waals surface area contributed by atoms with Crippen LogP contribution in [0.4, 0.5) is 5.69 Å². The number of nitrogens with one attached hydrogen (secondary N) is 2. The zero-order valence-electron chi connectivity index (χ0n) is 5.99. The molecule has 0 radical (unpaired) electrons. The lowest BCUT2D eigenvalue weighted by Gasteiger charge is -2.05. The monoisotopic (exact) mass is 190 g/mol. The molecule has 2 nitrogen and oxygen atoms in total. The smallest absolute Gasteiger partial charge is 0.0530 e. The van der Waals surface area contributed by atoms with Gasteiger partial charge in [0.15, 0.2) is 0 Å². The van der Waals surface area contributed by atoms with Gasteiger partial charge in [0, 0.05) is 5.02 Å². The van der Waals surface area contributed by atoms with E-state index in [4.69, 9.17) is 23.4 Å². The third-order valence-corrected chi connectivity index (χ3v) is 1.70. The lowest BCUT2D eigenvalue weighted by atomic mass is 10.2. The summed E-state index contributed by atoms with van der Waals surface area (Å²) in [6.07, 6.45) is 0. The second-order valence-electron chi connectivity index (χ2n) is 2.18. The number of aryl methyl sites for hydroxylation is 1. The highest BCUT2D eigenvalue weighted by molar-refractivity contribution is 6.30. The summed E-state index contributed by atoms with van der Waals surface area (Å²) in [6.45, 7) is 1.95. The number of anilines is 1. The molecule has 0 aliphatic heterocycles. The van der Waals surface area contributed by atoms with Gasteiger partial charge in [0.25, 0.3) is 0 Å². The molecule has 1 aromatic carbocycles. The van der Waals surface area contributed by atoms with Crippen LogP contribution in [-0.4, -0.2) is 0 Å². The Kier molecular flexibility index (Phi) is 3.00. The highest BCUT2D eigenvalue weighted by Crippen LogP contribution is 2.18. The summed E-state index contributed by atoms with van der Waals surface area (Å²) in [5, 5.41) is 0.725. The first kappa shape index (κ1) is 8.65. The molecule has 0 aliphatic carbocycles. The normalized spacial score (nSPS) is 9.73. The molecule has 1 aromatic rings. The van der Waals surface area contributed by atoms with Crippen molar-refractivity contribution in [2.75, 3.05) is 5.43 Å². The molecule has 0 bridgehead atoms. The first-order valence-corrected chi connectivity index (χ1v) is 3.87. The number of benzene rings is 1. The fourth-order valence-corrected chi connectivity index (χ4v) is 1.15. The minimum Gasteiger partial charge on any atom is -0.307 e. The summed E-state index contributed by atoms with van der Waals surface area (Å²) in [4.78, 5) is 2.32. The van der Waals surface area contributed by atoms with Gasteiger partial charge in [-0.15, -0.1) is 4.94 Å². The Hall–Kier alpha value is -0.440. The molecule has 0 heterocycles. The molecule has 0 atom stereocenters. The number of halogens is 2. The van der Waals surface area contributed by atoms with Crippen LogP contribution in [0.5, 0.6) is 0 Å². The van der Waals surface area contributed by atoms with Crippen molar-refractivity contribution in [1.29, 1.82) is 0 Å². The fraction of sp³-hybridized carbons (Fsp3) is 0.143. The Bertz CT molecular complexity index is 250. The Morgan fingerprint density at radius 1 is 1.36 bits per heavy atom. The van der Waals surface area contributed by atoms with Gasteiger partial charge in [-0.3, -0.25) is 0 Å². The van der Waals surface area contributed by atoms with Crippen LogP contribution in [0.15, 0.2) is 18.2 Å². The maximum atomic E-state index is 5.74. The van der Waals surface area contributed by atoms with Crippen molar-refractivity contribution in [3.05, 3.63) is 28.8 Å². The van der Waals surface area contributed by atoms with Crippen LogP contribution >= 0.6 is 23.4 Å². The minimum atomic E-state index is 0.725. The molecule has 0 aliphatic rings. The number of hydrazine groups is 1. The molecule has 0 aromatic heterocycles. The van der Waals surface area contributed by atoms with Crippen LogP contribution in [0.25, 0.3) is 0 Å². The maximum absolute atomic E-state index is 5.74. The molecule has 0 unspecified atom stereocenters. The van der Waals surface area contributed by atoms with E-state index >= 15 is 0 Å². The average molecular weight is 191 g/mol. The largest absolute Gasteiger partial charge is 0.307 e. The van der Waals surface area contributed by atoms with Crippen LogP contribution in [0.2, 0.25) is 5.02 Å². The summed E-state index contributed by atoms with van der Waals surface area (Å²) < 4.78 is 0. The second kappa shape index (κ2) is 3.81. The molecular weight excluding hydrogens is 183 g/mol. The standard InChI is InChI=1S/C7H8Cl2N2/c1-5-4-6(8)2-3-7(5)10-11-9/h2-4,10-11H,1H3. The zero-order chi connectivity index (χ0) is 8.27. The molecule has 1 rings (SSSR count). The van der Waals surface area contributed by atoms with E-state index in [-0.39, 0.29) is 0 Å². The molecule has 0 saturated heterocycles. The Morgan fingerprint density at radius 2 is 2.09 bits per heavy atom. The summed E-state index contributed by atoms with van der Waals surface area (Å²) in [5.74, 6) is 0. The molecule has 60 valence electrons. The van der Waals surface area contributed by atoms with Crippen LogP contribution in [0, 0.1) is 6.92 Å². The van der Waals surface area contributed by atoms with Crippen molar-refractivity contribution in [2.24, 2.45) is 0 Å². The van der Waals surface area contributed by atoms with Gasteiger partial charge in [-0.05, 0) is 42.5 Å². The van der Waals surface area contributed by atoms with Gasteiger partial charge in [-0.1, -0.05) is 11.6 Å². The van der Waals surface area contributed by atoms with Crippen molar-refractivity contribution < 1.29 is 0 Å². The van der Waals surface area contributed by atoms with Crippen LogP contribution in [0.1, 0.15) is 5.56 Å². The van der Waals surface area contributed by atoms with Gasteiger partial charge < -0.3 is 5.43 Å². The summed E-state index contributed by atoms with van der Waals surface area (Å²) in [5.41, 5.74) is 4.73. The van der Waals surface area contributed by atoms with E-state index in [1.165, 1.54) is 0 Å². The van der Waals surface area contributed by atoms with Gasteiger partial charge >= 0.3 is 0 Å². The van der Waals surface area contributed by atoms with Crippen molar-refractivity contribution in [3.8, 4) is 0 Å². The summed E-state index contributed by atoms with van der Waals surface area (Å²) >= 11 is 11.0. The Morgan fingerprint density at radius 3 is 2.64 bits per heavy atom. The highest BCUT2D eigenvalue weighted by atomic mass is 35.5. The SMILES string of the molecule is Cc1cc(Cl)ccc1NNCl. The van der Waals surface area contributed by atoms with Gasteiger partial charge in [-0.25, -0.2) is 0 Å². The molecule has 0 fully saturated rings. The van der Waals surface area contributed by atoms with Crippen molar-refractivity contribution >= 4 is 29.1 Å². The molecular formula is C7H8Cl2N2. The first-order valence-electron chi connectivity index (χ1n) is 3.12. The zero-order valence-corrected chi connectivity index (χ0v) is 7.50. The topological polar surface area (TPSA) is 24.1 Å². The first-order chi connectivity index (χ1) is 5.24. The predicted molar refractivity (Wildman–Crippen MR) is 48.8 cm³/mol. The quantitative estimate of drug-likeness (QED) is 0.554.